The Balaban J connectivity index is 1.75. The molecule has 7 heteroatoms. The van der Waals surface area contributed by atoms with Gasteiger partial charge in [0.1, 0.15) is 5.75 Å². The molecule has 0 aliphatic carbocycles. The summed E-state index contributed by atoms with van der Waals surface area (Å²) in [5.74, 6) is 1.19. The Kier molecular flexibility index (Phi) is 6.63. The van der Waals surface area contributed by atoms with Crippen LogP contribution in [-0.2, 0) is 6.54 Å². The highest BCUT2D eigenvalue weighted by Crippen LogP contribution is 2.39. The lowest BCUT2D eigenvalue weighted by Crippen LogP contribution is -2.22. The lowest BCUT2D eigenvalue weighted by molar-refractivity contribution is 0.367. The first kappa shape index (κ1) is 23.0. The number of hydrogen-bond donors (Lipinski definition) is 1. The van der Waals surface area contributed by atoms with E-state index in [1.54, 1.807) is 7.11 Å². The van der Waals surface area contributed by atoms with Crippen molar-refractivity contribution >= 4 is 16.7 Å². The summed E-state index contributed by atoms with van der Waals surface area (Å²) in [6, 6.07) is 18.5. The van der Waals surface area contributed by atoms with Crippen LogP contribution < -0.4 is 24.5 Å². The molecule has 0 saturated heterocycles. The molecule has 0 saturated carbocycles. The molecular formula is C27H27NO6. The van der Waals surface area contributed by atoms with E-state index in [0.29, 0.717) is 12.1 Å². The third-order valence-electron chi connectivity index (χ3n) is 5.79. The number of aromatic hydroxyl groups is 1. The van der Waals surface area contributed by atoms with E-state index < -0.39 is 0 Å². The standard InChI is InChI=1S/C27H27NO6/c1-5-28(16-18-8-6-7-9-22(18)31-2)19-12-10-17(11-13-19)24-27(33-4)23(30)20-14-15-21(29)26(32-3)25(20)34-24/h6-15,29H,5,16H2,1-4H3. The number of phenols is 1. The third kappa shape index (κ3) is 4.12. The van der Waals surface area contributed by atoms with Gasteiger partial charge in [-0.2, -0.15) is 0 Å². The molecule has 0 spiro atoms. The van der Waals surface area contributed by atoms with Crippen LogP contribution in [0.1, 0.15) is 12.5 Å². The van der Waals surface area contributed by atoms with E-state index in [1.165, 1.54) is 26.4 Å². The van der Waals surface area contributed by atoms with E-state index >= 15 is 0 Å². The van der Waals surface area contributed by atoms with Crippen LogP contribution in [0.3, 0.4) is 0 Å². The lowest BCUT2D eigenvalue weighted by atomic mass is 10.1. The number of methoxy groups -OCH3 is 3. The molecule has 0 radical (unpaired) electrons. The van der Waals surface area contributed by atoms with Crippen molar-refractivity contribution in [1.29, 1.82) is 0 Å². The Morgan fingerprint density at radius 2 is 1.59 bits per heavy atom. The average molecular weight is 462 g/mol. The molecule has 0 aliphatic rings. The van der Waals surface area contributed by atoms with Crippen molar-refractivity contribution in [3.8, 4) is 34.3 Å². The first-order valence-electron chi connectivity index (χ1n) is 10.9. The summed E-state index contributed by atoms with van der Waals surface area (Å²) in [6.07, 6.45) is 0. The van der Waals surface area contributed by atoms with E-state index in [-0.39, 0.29) is 39.4 Å². The van der Waals surface area contributed by atoms with E-state index in [9.17, 15) is 9.90 Å². The summed E-state index contributed by atoms with van der Waals surface area (Å²) >= 11 is 0. The molecule has 34 heavy (non-hydrogen) atoms. The van der Waals surface area contributed by atoms with Gasteiger partial charge in [-0.1, -0.05) is 18.2 Å². The first-order valence-corrected chi connectivity index (χ1v) is 10.9. The minimum atomic E-state index is -0.340. The summed E-state index contributed by atoms with van der Waals surface area (Å²) in [6.45, 7) is 3.57. The molecule has 0 unspecified atom stereocenters. The lowest BCUT2D eigenvalue weighted by Gasteiger charge is -2.24. The first-order chi connectivity index (χ1) is 16.5. The molecule has 0 amide bonds. The van der Waals surface area contributed by atoms with Gasteiger partial charge in [-0.3, -0.25) is 4.79 Å². The van der Waals surface area contributed by atoms with Crippen molar-refractivity contribution < 1.29 is 23.7 Å². The number of phenolic OH excluding ortho intramolecular Hbond substituents is 1. The molecule has 0 bridgehead atoms. The predicted octanol–water partition coefficient (Wildman–Crippen LogP) is 5.22. The molecule has 176 valence electrons. The van der Waals surface area contributed by atoms with Gasteiger partial charge in [0.15, 0.2) is 17.1 Å². The molecule has 1 N–H and O–H groups in total. The zero-order valence-corrected chi connectivity index (χ0v) is 19.6. The van der Waals surface area contributed by atoms with Crippen LogP contribution in [0.4, 0.5) is 5.69 Å². The summed E-state index contributed by atoms with van der Waals surface area (Å²) < 4.78 is 22.2. The summed E-state index contributed by atoms with van der Waals surface area (Å²) in [4.78, 5) is 15.3. The summed E-state index contributed by atoms with van der Waals surface area (Å²) in [7, 11) is 4.51. The zero-order valence-electron chi connectivity index (χ0n) is 19.6. The Bertz CT molecular complexity index is 1360. The molecule has 1 aromatic heterocycles. The minimum Gasteiger partial charge on any atom is -0.504 e. The van der Waals surface area contributed by atoms with Gasteiger partial charge in [-0.25, -0.2) is 0 Å². The number of ether oxygens (including phenoxy) is 3. The van der Waals surface area contributed by atoms with Crippen LogP contribution in [0.25, 0.3) is 22.3 Å². The Hall–Kier alpha value is -4.13. The fourth-order valence-corrected chi connectivity index (χ4v) is 4.03. The summed E-state index contributed by atoms with van der Waals surface area (Å²) in [5, 5.41) is 10.4. The van der Waals surface area contributed by atoms with Gasteiger partial charge in [0.05, 0.1) is 26.7 Å². The van der Waals surface area contributed by atoms with E-state index in [2.05, 4.69) is 11.8 Å². The average Bonchev–Trinajstić information content (AvgIpc) is 2.87. The van der Waals surface area contributed by atoms with Gasteiger partial charge >= 0.3 is 0 Å². The fraction of sp³-hybridized carbons (Fsp3) is 0.222. The quantitative estimate of drug-likeness (QED) is 0.385. The van der Waals surface area contributed by atoms with E-state index in [0.717, 1.165) is 23.5 Å². The Morgan fingerprint density at radius 3 is 2.24 bits per heavy atom. The number of nitrogens with zero attached hydrogens (tertiary/aromatic N) is 1. The molecule has 0 atom stereocenters. The predicted molar refractivity (Wildman–Crippen MR) is 132 cm³/mol. The molecule has 4 rings (SSSR count). The van der Waals surface area contributed by atoms with Crippen LogP contribution in [0.15, 0.2) is 69.9 Å². The number of para-hydroxylation sites is 1. The van der Waals surface area contributed by atoms with E-state index in [4.69, 9.17) is 18.6 Å². The molecule has 0 aliphatic heterocycles. The molecular weight excluding hydrogens is 434 g/mol. The SMILES string of the molecule is CCN(Cc1ccccc1OC)c1ccc(-c2oc3c(OC)c(O)ccc3c(=O)c2OC)cc1. The van der Waals surface area contributed by atoms with Crippen LogP contribution in [-0.4, -0.2) is 33.0 Å². The van der Waals surface area contributed by atoms with Gasteiger partial charge < -0.3 is 28.6 Å². The van der Waals surface area contributed by atoms with E-state index in [1.807, 2.05) is 48.5 Å². The molecule has 0 fully saturated rings. The fourth-order valence-electron chi connectivity index (χ4n) is 4.03. The van der Waals surface area contributed by atoms with Crippen molar-refractivity contribution in [3.63, 3.8) is 0 Å². The molecule has 3 aromatic carbocycles. The number of fused-ring (bicyclic) bond motifs is 1. The van der Waals surface area contributed by atoms with Crippen LogP contribution in [0.5, 0.6) is 23.0 Å². The molecule has 1 heterocycles. The van der Waals surface area contributed by atoms with Crippen LogP contribution in [0, 0.1) is 0 Å². The second kappa shape index (κ2) is 9.79. The van der Waals surface area contributed by atoms with Crippen molar-refractivity contribution in [2.24, 2.45) is 0 Å². The minimum absolute atomic E-state index is 0.0920. The van der Waals surface area contributed by atoms with Crippen molar-refractivity contribution in [1.82, 2.24) is 0 Å². The maximum absolute atomic E-state index is 13.1. The number of rotatable bonds is 8. The van der Waals surface area contributed by atoms with Crippen molar-refractivity contribution in [2.45, 2.75) is 13.5 Å². The highest BCUT2D eigenvalue weighted by atomic mass is 16.5. The van der Waals surface area contributed by atoms with Crippen LogP contribution in [0.2, 0.25) is 0 Å². The number of benzene rings is 3. The van der Waals surface area contributed by atoms with Gasteiger partial charge in [0.2, 0.25) is 16.9 Å². The Morgan fingerprint density at radius 1 is 0.882 bits per heavy atom. The van der Waals surface area contributed by atoms with Gasteiger partial charge in [-0.15, -0.1) is 0 Å². The van der Waals surface area contributed by atoms with Crippen molar-refractivity contribution in [3.05, 3.63) is 76.5 Å². The normalized spacial score (nSPS) is 10.8. The number of hydrogen-bond acceptors (Lipinski definition) is 7. The third-order valence-corrected chi connectivity index (χ3v) is 5.79. The summed E-state index contributed by atoms with van der Waals surface area (Å²) in [5.41, 5.74) is 2.59. The molecule has 7 nitrogen and oxygen atoms in total. The molecule has 4 aromatic rings. The second-order valence-electron chi connectivity index (χ2n) is 7.66. The largest absolute Gasteiger partial charge is 0.504 e. The van der Waals surface area contributed by atoms with Gasteiger partial charge in [0, 0.05) is 29.9 Å². The number of anilines is 1. The van der Waals surface area contributed by atoms with Gasteiger partial charge in [-0.05, 0) is 49.4 Å². The maximum atomic E-state index is 13.1. The van der Waals surface area contributed by atoms with Gasteiger partial charge in [0.25, 0.3) is 0 Å². The highest BCUT2D eigenvalue weighted by molar-refractivity contribution is 5.88. The van der Waals surface area contributed by atoms with Crippen molar-refractivity contribution in [2.75, 3.05) is 32.8 Å². The van der Waals surface area contributed by atoms with Crippen LogP contribution >= 0.6 is 0 Å². The smallest absolute Gasteiger partial charge is 0.235 e. The zero-order chi connectivity index (χ0) is 24.2. The maximum Gasteiger partial charge on any atom is 0.235 e. The monoisotopic (exact) mass is 461 g/mol. The topological polar surface area (TPSA) is 81.4 Å². The second-order valence-corrected chi connectivity index (χ2v) is 7.66. The Labute approximate surface area is 197 Å². The highest BCUT2D eigenvalue weighted by Gasteiger charge is 2.21.